The van der Waals surface area contributed by atoms with Crippen LogP contribution in [0.1, 0.15) is 49.5 Å². The minimum absolute atomic E-state index is 0.206. The molecule has 0 spiro atoms. The molecule has 2 aliphatic rings. The van der Waals surface area contributed by atoms with E-state index in [0.717, 1.165) is 34.7 Å². The van der Waals surface area contributed by atoms with E-state index in [-0.39, 0.29) is 25.2 Å². The Balaban J connectivity index is 1.56. The molecule has 31 heavy (non-hydrogen) atoms. The molecule has 168 valence electrons. The van der Waals surface area contributed by atoms with Gasteiger partial charge in [-0.05, 0) is 55.2 Å². The van der Waals surface area contributed by atoms with E-state index in [2.05, 4.69) is 25.2 Å². The molecule has 4 rings (SSSR count). The van der Waals surface area contributed by atoms with Gasteiger partial charge in [0.2, 0.25) is 0 Å². The molecule has 0 unspecified atom stereocenters. The number of aliphatic hydroxyl groups excluding tert-OH is 3. The van der Waals surface area contributed by atoms with Crippen LogP contribution in [0, 0.1) is 0 Å². The average Bonchev–Trinajstić information content (AvgIpc) is 2.74. The summed E-state index contributed by atoms with van der Waals surface area (Å²) in [7, 11) is 0. The van der Waals surface area contributed by atoms with Gasteiger partial charge in [0, 0.05) is 17.9 Å². The first-order chi connectivity index (χ1) is 14.7. The fourth-order valence-corrected chi connectivity index (χ4v) is 4.51. The standard InChI is InChI=1S/C24H30ClNO5/c1-23(2)12-26-20-8-15(3-6-21(20)30-23)7-17-9-16(4-5-19(17)25)22-10-18(29)11-24(13-27,14-28)31-22/h3-6,8-9,18,22,26-29H,7,10-14H2,1-2H3/t18-,22-/m1/s1. The maximum absolute atomic E-state index is 10.3. The van der Waals surface area contributed by atoms with Gasteiger partial charge in [-0.1, -0.05) is 29.8 Å². The first-order valence-corrected chi connectivity index (χ1v) is 11.0. The van der Waals surface area contributed by atoms with Crippen molar-refractivity contribution in [2.45, 2.75) is 56.5 Å². The smallest absolute Gasteiger partial charge is 0.143 e. The van der Waals surface area contributed by atoms with Crippen LogP contribution in [0.4, 0.5) is 5.69 Å². The van der Waals surface area contributed by atoms with Crippen molar-refractivity contribution in [3.05, 3.63) is 58.1 Å². The molecule has 0 amide bonds. The zero-order valence-corrected chi connectivity index (χ0v) is 18.7. The molecule has 2 aromatic carbocycles. The maximum atomic E-state index is 10.3. The van der Waals surface area contributed by atoms with Crippen molar-refractivity contribution in [1.82, 2.24) is 0 Å². The predicted molar refractivity (Wildman–Crippen MR) is 120 cm³/mol. The fraction of sp³-hybridized carbons (Fsp3) is 0.500. The third-order valence-electron chi connectivity index (χ3n) is 6.03. The Kier molecular flexibility index (Phi) is 6.21. The number of benzene rings is 2. The van der Waals surface area contributed by atoms with Crippen molar-refractivity contribution in [3.63, 3.8) is 0 Å². The van der Waals surface area contributed by atoms with Gasteiger partial charge in [0.15, 0.2) is 0 Å². The summed E-state index contributed by atoms with van der Waals surface area (Å²) in [5, 5.41) is 33.8. The minimum Gasteiger partial charge on any atom is -0.484 e. The molecule has 0 aromatic heterocycles. The largest absolute Gasteiger partial charge is 0.484 e. The lowest BCUT2D eigenvalue weighted by molar-refractivity contribution is -0.198. The van der Waals surface area contributed by atoms with Crippen molar-refractivity contribution in [2.24, 2.45) is 0 Å². The molecule has 1 saturated heterocycles. The topological polar surface area (TPSA) is 91.2 Å². The van der Waals surface area contributed by atoms with E-state index in [4.69, 9.17) is 21.1 Å². The summed E-state index contributed by atoms with van der Waals surface area (Å²) in [5.74, 6) is 0.841. The summed E-state index contributed by atoms with van der Waals surface area (Å²) in [6, 6.07) is 11.8. The number of hydrogen-bond acceptors (Lipinski definition) is 6. The summed E-state index contributed by atoms with van der Waals surface area (Å²) in [5.41, 5.74) is 2.50. The summed E-state index contributed by atoms with van der Waals surface area (Å²) in [6.45, 7) is 4.14. The number of rotatable bonds is 5. The molecule has 0 radical (unpaired) electrons. The van der Waals surface area contributed by atoms with Crippen LogP contribution in [0.15, 0.2) is 36.4 Å². The number of fused-ring (bicyclic) bond motifs is 1. The number of anilines is 1. The lowest BCUT2D eigenvalue weighted by Gasteiger charge is -2.41. The molecule has 4 N–H and O–H groups in total. The molecular weight excluding hydrogens is 418 g/mol. The lowest BCUT2D eigenvalue weighted by atomic mass is 9.87. The van der Waals surface area contributed by atoms with E-state index < -0.39 is 17.8 Å². The Bertz CT molecular complexity index is 944. The quantitative estimate of drug-likeness (QED) is 0.561. The monoisotopic (exact) mass is 447 g/mol. The van der Waals surface area contributed by atoms with Crippen molar-refractivity contribution in [3.8, 4) is 5.75 Å². The van der Waals surface area contributed by atoms with E-state index in [9.17, 15) is 15.3 Å². The van der Waals surface area contributed by atoms with Gasteiger partial charge < -0.3 is 30.1 Å². The summed E-state index contributed by atoms with van der Waals surface area (Å²) >= 11 is 6.49. The summed E-state index contributed by atoms with van der Waals surface area (Å²) < 4.78 is 12.1. The van der Waals surface area contributed by atoms with Crippen LogP contribution in [0.2, 0.25) is 5.02 Å². The Labute approximate surface area is 187 Å². The number of aliphatic hydroxyl groups is 3. The third kappa shape index (κ3) is 4.83. The van der Waals surface area contributed by atoms with Gasteiger partial charge in [-0.3, -0.25) is 0 Å². The van der Waals surface area contributed by atoms with Crippen molar-refractivity contribution in [2.75, 3.05) is 25.1 Å². The molecule has 0 bridgehead atoms. The van der Waals surface area contributed by atoms with Crippen LogP contribution < -0.4 is 10.1 Å². The minimum atomic E-state index is -1.14. The molecule has 0 saturated carbocycles. The molecule has 7 heteroatoms. The van der Waals surface area contributed by atoms with Gasteiger partial charge >= 0.3 is 0 Å². The maximum Gasteiger partial charge on any atom is 0.143 e. The summed E-state index contributed by atoms with van der Waals surface area (Å²) in [6.07, 6.45) is 0.148. The van der Waals surface area contributed by atoms with Crippen LogP contribution in [0.5, 0.6) is 5.75 Å². The van der Waals surface area contributed by atoms with Gasteiger partial charge in [0.05, 0.1) is 37.7 Å². The second-order valence-electron chi connectivity index (χ2n) is 9.27. The van der Waals surface area contributed by atoms with Gasteiger partial charge in [-0.2, -0.15) is 0 Å². The summed E-state index contributed by atoms with van der Waals surface area (Å²) in [4.78, 5) is 0. The number of nitrogens with one attached hydrogen (secondary N) is 1. The molecular formula is C24H30ClNO5. The molecule has 6 nitrogen and oxygen atoms in total. The fourth-order valence-electron chi connectivity index (χ4n) is 4.32. The van der Waals surface area contributed by atoms with Crippen molar-refractivity contribution < 1.29 is 24.8 Å². The second-order valence-corrected chi connectivity index (χ2v) is 9.68. The zero-order chi connectivity index (χ0) is 22.2. The highest BCUT2D eigenvalue weighted by Crippen LogP contribution is 2.39. The van der Waals surface area contributed by atoms with Crippen LogP contribution in [-0.2, 0) is 11.2 Å². The molecule has 0 aliphatic carbocycles. The highest BCUT2D eigenvalue weighted by atomic mass is 35.5. The number of hydrogen-bond donors (Lipinski definition) is 4. The van der Waals surface area contributed by atoms with Gasteiger partial charge in [0.1, 0.15) is 17.0 Å². The molecule has 2 aromatic rings. The zero-order valence-electron chi connectivity index (χ0n) is 17.9. The molecule has 1 fully saturated rings. The van der Waals surface area contributed by atoms with Gasteiger partial charge in [0.25, 0.3) is 0 Å². The highest BCUT2D eigenvalue weighted by Gasteiger charge is 2.41. The molecule has 2 atom stereocenters. The van der Waals surface area contributed by atoms with Crippen molar-refractivity contribution in [1.29, 1.82) is 0 Å². The van der Waals surface area contributed by atoms with Crippen LogP contribution in [-0.4, -0.2) is 52.4 Å². The Morgan fingerprint density at radius 2 is 1.90 bits per heavy atom. The van der Waals surface area contributed by atoms with Crippen molar-refractivity contribution >= 4 is 17.3 Å². The second kappa shape index (κ2) is 8.60. The number of halogens is 1. The van der Waals surface area contributed by atoms with E-state index in [1.54, 1.807) is 0 Å². The van der Waals surface area contributed by atoms with Gasteiger partial charge in [-0.15, -0.1) is 0 Å². The lowest BCUT2D eigenvalue weighted by Crippen LogP contribution is -2.48. The first-order valence-electron chi connectivity index (χ1n) is 10.6. The predicted octanol–water partition coefficient (Wildman–Crippen LogP) is 3.45. The van der Waals surface area contributed by atoms with E-state index in [0.29, 0.717) is 17.9 Å². The van der Waals surface area contributed by atoms with E-state index in [1.807, 2.05) is 30.3 Å². The van der Waals surface area contributed by atoms with E-state index in [1.165, 1.54) is 0 Å². The normalized spacial score (nSPS) is 24.1. The third-order valence-corrected chi connectivity index (χ3v) is 6.40. The Morgan fingerprint density at radius 3 is 2.65 bits per heavy atom. The molecule has 2 aliphatic heterocycles. The van der Waals surface area contributed by atoms with E-state index >= 15 is 0 Å². The van der Waals surface area contributed by atoms with Crippen LogP contribution in [0.3, 0.4) is 0 Å². The van der Waals surface area contributed by atoms with Gasteiger partial charge in [-0.25, -0.2) is 0 Å². The highest BCUT2D eigenvalue weighted by molar-refractivity contribution is 6.31. The average molecular weight is 448 g/mol. The van der Waals surface area contributed by atoms with Crippen LogP contribution in [0.25, 0.3) is 0 Å². The number of ether oxygens (including phenoxy) is 2. The Hall–Kier alpha value is -1.83. The Morgan fingerprint density at radius 1 is 1.13 bits per heavy atom. The SMILES string of the molecule is CC1(C)CNc2cc(Cc3cc([C@H]4C[C@@H](O)CC(CO)(CO)O4)ccc3Cl)ccc2O1. The first kappa shape index (κ1) is 22.4. The molecule has 2 heterocycles. The van der Waals surface area contributed by atoms with Crippen LogP contribution >= 0.6 is 11.6 Å².